The van der Waals surface area contributed by atoms with Crippen molar-refractivity contribution in [2.45, 2.75) is 19.1 Å². The molecule has 2 aliphatic heterocycles. The number of phenolic OH excluding ortho intramolecular Hbond substituents is 1. The van der Waals surface area contributed by atoms with E-state index in [-0.39, 0.29) is 23.3 Å². The number of hydroxylamine groups is 1. The number of carbonyl (C=O) groups excluding carboxylic acids is 2. The number of imide groups is 1. The molecular formula is C25H22N2O5. The molecule has 2 aliphatic rings. The number of benzene rings is 3. The molecule has 2 heterocycles. The summed E-state index contributed by atoms with van der Waals surface area (Å²) in [6, 6.07) is 21.0. The third kappa shape index (κ3) is 3.09. The van der Waals surface area contributed by atoms with E-state index in [0.717, 1.165) is 11.3 Å². The number of ether oxygens (including phenoxy) is 1. The molecule has 2 saturated heterocycles. The smallest absolute Gasteiger partial charge is 0.266 e. The first kappa shape index (κ1) is 20.1. The van der Waals surface area contributed by atoms with Crippen molar-refractivity contribution in [2.24, 2.45) is 5.92 Å². The van der Waals surface area contributed by atoms with Gasteiger partial charge in [-0.15, -0.1) is 0 Å². The monoisotopic (exact) mass is 430 g/mol. The fourth-order valence-corrected chi connectivity index (χ4v) is 4.45. The van der Waals surface area contributed by atoms with Crippen LogP contribution in [0.5, 0.6) is 11.5 Å². The molecular weight excluding hydrogens is 408 g/mol. The van der Waals surface area contributed by atoms with Gasteiger partial charge >= 0.3 is 0 Å². The summed E-state index contributed by atoms with van der Waals surface area (Å²) < 4.78 is 5.28. The van der Waals surface area contributed by atoms with Gasteiger partial charge in [0.25, 0.3) is 5.91 Å². The highest BCUT2D eigenvalue weighted by atomic mass is 16.7. The molecule has 162 valence electrons. The van der Waals surface area contributed by atoms with E-state index in [4.69, 9.17) is 9.57 Å². The number of methoxy groups -OCH3 is 1. The maximum atomic E-state index is 13.6. The lowest BCUT2D eigenvalue weighted by molar-refractivity contribution is -0.126. The van der Waals surface area contributed by atoms with E-state index < -0.39 is 18.1 Å². The maximum absolute atomic E-state index is 13.6. The second-order valence-corrected chi connectivity index (χ2v) is 7.94. The first-order valence-electron chi connectivity index (χ1n) is 10.3. The second kappa shape index (κ2) is 7.69. The van der Waals surface area contributed by atoms with Crippen LogP contribution in [0.25, 0.3) is 0 Å². The third-order valence-electron chi connectivity index (χ3n) is 5.93. The number of fused-ring (bicyclic) bond motifs is 1. The van der Waals surface area contributed by atoms with Gasteiger partial charge in [0.2, 0.25) is 5.91 Å². The Morgan fingerprint density at radius 1 is 0.906 bits per heavy atom. The molecule has 32 heavy (non-hydrogen) atoms. The van der Waals surface area contributed by atoms with Crippen molar-refractivity contribution in [3.05, 3.63) is 83.9 Å². The quantitative estimate of drug-likeness (QED) is 0.635. The normalized spacial score (nSPS) is 22.4. The van der Waals surface area contributed by atoms with Gasteiger partial charge in [0.05, 0.1) is 24.5 Å². The number of hydrogen-bond donors (Lipinski definition) is 1. The Morgan fingerprint density at radius 3 is 2.38 bits per heavy atom. The zero-order valence-electron chi connectivity index (χ0n) is 17.6. The molecule has 7 heteroatoms. The highest BCUT2D eigenvalue weighted by molar-refractivity contribution is 6.24. The molecule has 3 aromatic carbocycles. The highest BCUT2D eigenvalue weighted by Gasteiger charge is 2.60. The molecule has 3 aromatic rings. The van der Waals surface area contributed by atoms with Crippen molar-refractivity contribution in [1.82, 2.24) is 0 Å². The van der Waals surface area contributed by atoms with Gasteiger partial charge in [0.15, 0.2) is 17.6 Å². The molecule has 0 saturated carbocycles. The standard InChI is InChI=1S/C25H22N2O5/c1-15-7-6-10-18(13-15)26-24(29)21-22(16-11-12-19(28)20(14-16)31-2)27(32-23(21)25(26)30)17-8-4-3-5-9-17/h3-14,21-23,28H,1-2H3/t21-,22-,23-/m1/s1. The van der Waals surface area contributed by atoms with Gasteiger partial charge in [-0.25, -0.2) is 9.96 Å². The van der Waals surface area contributed by atoms with E-state index in [0.29, 0.717) is 11.3 Å². The number of para-hydroxylation sites is 1. The molecule has 1 N–H and O–H groups in total. The Balaban J connectivity index is 1.61. The number of carbonyl (C=O) groups is 2. The number of aryl methyl sites for hydroxylation is 1. The van der Waals surface area contributed by atoms with Gasteiger partial charge in [-0.1, -0.05) is 36.4 Å². The largest absolute Gasteiger partial charge is 0.504 e. The van der Waals surface area contributed by atoms with Gasteiger partial charge in [-0.3, -0.25) is 14.4 Å². The Bertz CT molecular complexity index is 1200. The highest BCUT2D eigenvalue weighted by Crippen LogP contribution is 2.48. The number of hydrogen-bond acceptors (Lipinski definition) is 6. The van der Waals surface area contributed by atoms with Crippen molar-refractivity contribution in [3.63, 3.8) is 0 Å². The summed E-state index contributed by atoms with van der Waals surface area (Å²) in [6.07, 6.45) is -0.951. The number of aromatic hydroxyl groups is 1. The van der Waals surface area contributed by atoms with Crippen molar-refractivity contribution in [3.8, 4) is 11.5 Å². The van der Waals surface area contributed by atoms with Gasteiger partial charge in [0.1, 0.15) is 5.92 Å². The van der Waals surface area contributed by atoms with Crippen molar-refractivity contribution in [2.75, 3.05) is 17.1 Å². The number of nitrogens with zero attached hydrogens (tertiary/aromatic N) is 2. The van der Waals surface area contributed by atoms with Crippen LogP contribution in [0.15, 0.2) is 72.8 Å². The Kier molecular flexibility index (Phi) is 4.83. The van der Waals surface area contributed by atoms with Crippen LogP contribution in [-0.4, -0.2) is 30.1 Å². The molecule has 0 radical (unpaired) electrons. The zero-order chi connectivity index (χ0) is 22.4. The summed E-state index contributed by atoms with van der Waals surface area (Å²) >= 11 is 0. The lowest BCUT2D eigenvalue weighted by Gasteiger charge is -2.29. The fraction of sp³-hybridized carbons (Fsp3) is 0.200. The first-order chi connectivity index (χ1) is 15.5. The first-order valence-corrected chi connectivity index (χ1v) is 10.3. The van der Waals surface area contributed by atoms with Crippen molar-refractivity contribution < 1.29 is 24.3 Å². The summed E-state index contributed by atoms with van der Waals surface area (Å²) in [4.78, 5) is 34.3. The minimum Gasteiger partial charge on any atom is -0.504 e. The minimum absolute atomic E-state index is 0.00631. The Labute approximate surface area is 185 Å². The third-order valence-corrected chi connectivity index (χ3v) is 5.93. The Hall–Kier alpha value is -3.84. The molecule has 3 atom stereocenters. The molecule has 5 rings (SSSR count). The van der Waals surface area contributed by atoms with E-state index in [9.17, 15) is 14.7 Å². The van der Waals surface area contributed by atoms with Gasteiger partial charge in [-0.2, -0.15) is 0 Å². The van der Waals surface area contributed by atoms with Crippen molar-refractivity contribution >= 4 is 23.2 Å². The second-order valence-electron chi connectivity index (χ2n) is 7.94. The summed E-state index contributed by atoms with van der Waals surface area (Å²) in [5.74, 6) is -1.18. The predicted octanol–water partition coefficient (Wildman–Crippen LogP) is 3.76. The van der Waals surface area contributed by atoms with Crippen LogP contribution in [-0.2, 0) is 14.4 Å². The molecule has 0 aromatic heterocycles. The summed E-state index contributed by atoms with van der Waals surface area (Å²) in [6.45, 7) is 1.91. The molecule has 2 fully saturated rings. The number of amides is 2. The zero-order valence-corrected chi connectivity index (χ0v) is 17.6. The summed E-state index contributed by atoms with van der Waals surface area (Å²) in [5, 5.41) is 11.7. The van der Waals surface area contributed by atoms with E-state index >= 15 is 0 Å². The molecule has 0 spiro atoms. The van der Waals surface area contributed by atoms with Gasteiger partial charge in [-0.05, 0) is 54.4 Å². The van der Waals surface area contributed by atoms with Crippen LogP contribution in [0.2, 0.25) is 0 Å². The maximum Gasteiger partial charge on any atom is 0.266 e. The van der Waals surface area contributed by atoms with E-state index in [1.165, 1.54) is 18.1 Å². The SMILES string of the molecule is COc1cc([C@@H]2[C@H]3C(=O)N(c4cccc(C)c4)C(=O)[C@@H]3ON2c2ccccc2)ccc1O. The minimum atomic E-state index is -0.951. The number of rotatable bonds is 4. The predicted molar refractivity (Wildman–Crippen MR) is 118 cm³/mol. The average molecular weight is 430 g/mol. The summed E-state index contributed by atoms with van der Waals surface area (Å²) in [5.41, 5.74) is 2.91. The lowest BCUT2D eigenvalue weighted by Crippen LogP contribution is -2.37. The number of phenols is 1. The van der Waals surface area contributed by atoms with Crippen molar-refractivity contribution in [1.29, 1.82) is 0 Å². The fourth-order valence-electron chi connectivity index (χ4n) is 4.45. The molecule has 0 bridgehead atoms. The van der Waals surface area contributed by atoms with Crippen LogP contribution in [0, 0.1) is 12.8 Å². The van der Waals surface area contributed by atoms with Crippen LogP contribution >= 0.6 is 0 Å². The lowest BCUT2D eigenvalue weighted by atomic mass is 9.90. The molecule has 7 nitrogen and oxygen atoms in total. The van der Waals surface area contributed by atoms with Gasteiger partial charge < -0.3 is 9.84 Å². The summed E-state index contributed by atoms with van der Waals surface area (Å²) in [7, 11) is 1.46. The average Bonchev–Trinajstić information content (AvgIpc) is 3.31. The van der Waals surface area contributed by atoms with E-state index in [2.05, 4.69) is 0 Å². The number of anilines is 2. The van der Waals surface area contributed by atoms with Gasteiger partial charge in [0, 0.05) is 0 Å². The van der Waals surface area contributed by atoms with Crippen LogP contribution in [0.4, 0.5) is 11.4 Å². The topological polar surface area (TPSA) is 79.3 Å². The van der Waals surface area contributed by atoms with Crippen LogP contribution in [0.1, 0.15) is 17.2 Å². The molecule has 2 amide bonds. The van der Waals surface area contributed by atoms with Crippen LogP contribution < -0.4 is 14.7 Å². The van der Waals surface area contributed by atoms with E-state index in [1.807, 2.05) is 55.5 Å². The van der Waals surface area contributed by atoms with E-state index in [1.54, 1.807) is 23.3 Å². The molecule has 0 unspecified atom stereocenters. The van der Waals surface area contributed by atoms with Crippen LogP contribution in [0.3, 0.4) is 0 Å². The Morgan fingerprint density at radius 2 is 1.66 bits per heavy atom. The molecule has 0 aliphatic carbocycles.